The molecular formula is C53H62ClN14O5P. The zero-order valence-corrected chi connectivity index (χ0v) is 43.9. The van der Waals surface area contributed by atoms with E-state index in [2.05, 4.69) is 73.8 Å². The Kier molecular flexibility index (Phi) is 13.8. The zero-order valence-electron chi connectivity index (χ0n) is 42.3. The molecule has 8 heterocycles. The van der Waals surface area contributed by atoms with E-state index in [0.29, 0.717) is 80.7 Å². The van der Waals surface area contributed by atoms with Gasteiger partial charge in [-0.3, -0.25) is 39.3 Å². The molecule has 11 rings (SSSR count). The minimum atomic E-state index is -2.83. The fourth-order valence-corrected chi connectivity index (χ4v) is 13.1. The van der Waals surface area contributed by atoms with Crippen molar-refractivity contribution in [3.8, 4) is 16.9 Å². The van der Waals surface area contributed by atoms with Crippen molar-refractivity contribution in [1.82, 2.24) is 49.7 Å². The van der Waals surface area contributed by atoms with Crippen LogP contribution in [0.4, 0.5) is 34.5 Å². The third-order valence-corrected chi connectivity index (χ3v) is 17.3. The number of aromatic nitrogens is 6. The number of hydrogen-bond donors (Lipinski definition) is 3. The number of amides is 3. The van der Waals surface area contributed by atoms with Crippen molar-refractivity contribution in [3.05, 3.63) is 89.6 Å². The van der Waals surface area contributed by atoms with E-state index in [-0.39, 0.29) is 24.1 Å². The lowest BCUT2D eigenvalue weighted by Gasteiger charge is -2.44. The second kappa shape index (κ2) is 20.6. The Morgan fingerprint density at radius 3 is 2.32 bits per heavy atom. The number of piperazine rings is 1. The van der Waals surface area contributed by atoms with Gasteiger partial charge in [0.2, 0.25) is 17.8 Å². The molecule has 3 N–H and O–H groups in total. The maximum Gasteiger partial charge on any atom is 0.255 e. The molecule has 21 heteroatoms. The van der Waals surface area contributed by atoms with Gasteiger partial charge in [0, 0.05) is 138 Å². The number of carbonyl (C=O) groups excluding carboxylic acids is 3. The van der Waals surface area contributed by atoms with Crippen molar-refractivity contribution >= 4 is 87.3 Å². The van der Waals surface area contributed by atoms with Crippen LogP contribution >= 0.6 is 18.7 Å². The highest BCUT2D eigenvalue weighted by Crippen LogP contribution is 2.44. The van der Waals surface area contributed by atoms with Gasteiger partial charge in [-0.05, 0) is 93.3 Å². The molecule has 0 aliphatic carbocycles. The summed E-state index contributed by atoms with van der Waals surface area (Å²) in [7, 11) is 0.753. The van der Waals surface area contributed by atoms with Crippen molar-refractivity contribution in [2.45, 2.75) is 57.2 Å². The van der Waals surface area contributed by atoms with Crippen molar-refractivity contribution in [2.75, 3.05) is 99.8 Å². The van der Waals surface area contributed by atoms with E-state index in [9.17, 15) is 18.9 Å². The summed E-state index contributed by atoms with van der Waals surface area (Å²) in [6.45, 7) is 13.0. The van der Waals surface area contributed by atoms with Gasteiger partial charge in [-0.25, -0.2) is 4.98 Å². The maximum atomic E-state index is 13.6. The molecule has 3 aromatic carbocycles. The normalized spacial score (nSPS) is 19.6. The summed E-state index contributed by atoms with van der Waals surface area (Å²) in [4.78, 5) is 67.7. The van der Waals surface area contributed by atoms with Crippen molar-refractivity contribution in [1.29, 1.82) is 0 Å². The summed E-state index contributed by atoms with van der Waals surface area (Å²) in [6, 6.07) is 13.8. The van der Waals surface area contributed by atoms with Gasteiger partial charge in [-0.15, -0.1) is 0 Å². The van der Waals surface area contributed by atoms with Crippen LogP contribution in [0.5, 0.6) is 5.75 Å². The van der Waals surface area contributed by atoms with E-state index in [1.54, 1.807) is 37.7 Å². The topological polar surface area (TPSA) is 199 Å². The molecule has 5 aliphatic heterocycles. The van der Waals surface area contributed by atoms with Gasteiger partial charge in [0.25, 0.3) is 5.91 Å². The van der Waals surface area contributed by atoms with E-state index in [0.717, 1.165) is 113 Å². The number of carbonyl (C=O) groups is 3. The number of hydrogen-bond acceptors (Lipinski definition) is 16. The summed E-state index contributed by atoms with van der Waals surface area (Å²) in [5, 5.41) is 14.5. The minimum Gasteiger partial charge on any atom is -0.494 e. The number of benzene rings is 3. The van der Waals surface area contributed by atoms with E-state index in [4.69, 9.17) is 21.3 Å². The number of nitrogens with one attached hydrogen (secondary N) is 3. The predicted octanol–water partition coefficient (Wildman–Crippen LogP) is 6.48. The fraction of sp³-hybridized carbons (Fsp3) is 0.434. The lowest BCUT2D eigenvalue weighted by atomic mass is 9.95. The Morgan fingerprint density at radius 1 is 0.824 bits per heavy atom. The molecule has 3 aromatic heterocycles. The van der Waals surface area contributed by atoms with E-state index < -0.39 is 13.2 Å². The van der Waals surface area contributed by atoms with Crippen molar-refractivity contribution in [2.24, 2.45) is 13.0 Å². The van der Waals surface area contributed by atoms with Crippen LogP contribution in [-0.2, 0) is 27.7 Å². The summed E-state index contributed by atoms with van der Waals surface area (Å²) < 4.78 is 21.5. The molecule has 0 saturated carbocycles. The second-order valence-electron chi connectivity index (χ2n) is 20.6. The van der Waals surface area contributed by atoms with Gasteiger partial charge in [-0.2, -0.15) is 10.1 Å². The van der Waals surface area contributed by atoms with Crippen LogP contribution in [0.2, 0.25) is 5.02 Å². The molecule has 74 heavy (non-hydrogen) atoms. The van der Waals surface area contributed by atoms with Crippen LogP contribution in [0.3, 0.4) is 0 Å². The first-order valence-corrected chi connectivity index (χ1v) is 28.5. The van der Waals surface area contributed by atoms with Crippen LogP contribution in [0, 0.1) is 5.92 Å². The van der Waals surface area contributed by atoms with E-state index >= 15 is 0 Å². The highest BCUT2D eigenvalue weighted by atomic mass is 35.5. The number of rotatable bonds is 13. The first-order chi connectivity index (χ1) is 35.8. The molecule has 3 amide bonds. The molecule has 6 aromatic rings. The number of ether oxygens (including phenoxy) is 1. The van der Waals surface area contributed by atoms with Gasteiger partial charge >= 0.3 is 0 Å². The van der Waals surface area contributed by atoms with Crippen LogP contribution in [0.15, 0.2) is 73.4 Å². The average molecular weight is 1040 g/mol. The number of anilines is 6. The Labute approximate surface area is 435 Å². The van der Waals surface area contributed by atoms with Gasteiger partial charge in [0.1, 0.15) is 29.5 Å². The van der Waals surface area contributed by atoms with E-state index in [1.807, 2.05) is 48.4 Å². The van der Waals surface area contributed by atoms with Crippen molar-refractivity contribution in [3.63, 3.8) is 0 Å². The Morgan fingerprint density at radius 2 is 1.59 bits per heavy atom. The quantitative estimate of drug-likeness (QED) is 0.0838. The molecule has 0 bridgehead atoms. The zero-order chi connectivity index (χ0) is 51.3. The van der Waals surface area contributed by atoms with Gasteiger partial charge < -0.3 is 39.5 Å². The number of nitrogens with zero attached hydrogens (tertiary/aromatic N) is 11. The number of aryl methyl sites for hydroxylation is 1. The molecule has 4 saturated heterocycles. The van der Waals surface area contributed by atoms with Crippen LogP contribution in [0.25, 0.3) is 22.2 Å². The highest BCUT2D eigenvalue weighted by molar-refractivity contribution is 7.71. The summed E-state index contributed by atoms with van der Waals surface area (Å²) >= 11 is 6.69. The lowest BCUT2D eigenvalue weighted by molar-refractivity contribution is -0.136. The minimum absolute atomic E-state index is 0.131. The SMILES string of the molecule is COc1cc(N2CCC(N3CCN(CC4CCN(c5ccc6c(c5)CN(C5CCC(=O)NC5=O)C6=O)CC4)CC3)CC2)c(-c2cnn(C)c2)cc1Nc1ncc(Cl)c(Nc2ccc3nccnc3c2P(C)(C)=O)n1. The lowest BCUT2D eigenvalue weighted by Crippen LogP contribution is -2.54. The van der Waals surface area contributed by atoms with Gasteiger partial charge in [-0.1, -0.05) is 11.6 Å². The van der Waals surface area contributed by atoms with Crippen LogP contribution in [0.1, 0.15) is 54.4 Å². The maximum absolute atomic E-state index is 13.6. The fourth-order valence-electron chi connectivity index (χ4n) is 11.6. The number of piperidine rings is 3. The monoisotopic (exact) mass is 1040 g/mol. The molecule has 1 unspecified atom stereocenters. The predicted molar refractivity (Wildman–Crippen MR) is 288 cm³/mol. The van der Waals surface area contributed by atoms with Crippen LogP contribution in [-0.4, -0.2) is 154 Å². The average Bonchev–Trinajstić information content (AvgIpc) is 3.99. The van der Waals surface area contributed by atoms with Gasteiger partial charge in [0.15, 0.2) is 5.82 Å². The molecule has 0 spiro atoms. The first-order valence-electron chi connectivity index (χ1n) is 25.6. The van der Waals surface area contributed by atoms with Gasteiger partial charge in [0.05, 0.1) is 41.7 Å². The third-order valence-electron chi connectivity index (χ3n) is 15.5. The van der Waals surface area contributed by atoms with Crippen molar-refractivity contribution < 1.29 is 23.7 Å². The Balaban J connectivity index is 0.698. The smallest absolute Gasteiger partial charge is 0.255 e. The largest absolute Gasteiger partial charge is 0.494 e. The van der Waals surface area contributed by atoms with E-state index in [1.165, 1.54) is 6.20 Å². The number of imide groups is 1. The third kappa shape index (κ3) is 10.1. The first kappa shape index (κ1) is 49.5. The molecular weight excluding hydrogens is 979 g/mol. The number of halogens is 1. The molecule has 5 aliphatic rings. The highest BCUT2D eigenvalue weighted by Gasteiger charge is 2.40. The molecule has 386 valence electrons. The molecule has 1 atom stereocenters. The Bertz CT molecular complexity index is 3180. The summed E-state index contributed by atoms with van der Waals surface area (Å²) in [5.41, 5.74) is 8.27. The number of fused-ring (bicyclic) bond motifs is 2. The second-order valence-corrected chi connectivity index (χ2v) is 24.1. The Hall–Kier alpha value is -6.66. The summed E-state index contributed by atoms with van der Waals surface area (Å²) in [5.74, 6) is 1.12. The molecule has 4 fully saturated rings. The molecule has 0 radical (unpaired) electrons. The number of methoxy groups -OCH3 is 1. The standard InChI is InChI=1S/C53H62ClN14O5P/c1-63-31-35(28-58-63)39-26-43(60-53-57-29-40(54)50(62-53)59-42-8-7-41-48(56-16-15-55-41)49(42)74(3,4)72)46(73-2)27-45(39)67-19-13-36(14-20-67)66-23-21-64(22-24-66)30-33-11-17-65(18-12-33)37-5-6-38-34(25-37)32-68(52(38)71)44-9-10-47(69)61-51(44)70/h5-8,15-16,25-29,31,33,36,44H,9-14,17-24,30,32H2,1-4H3,(H,61,69,70)(H2,57,59,60,62). The molecule has 19 nitrogen and oxygen atoms in total. The summed E-state index contributed by atoms with van der Waals surface area (Å²) in [6.07, 6.45) is 13.6. The van der Waals surface area contributed by atoms with Crippen LogP contribution < -0.4 is 35.8 Å².